The number of nitrogens with one attached hydrogen (secondary N) is 1. The number of pyridine rings is 1. The van der Waals surface area contributed by atoms with Crippen molar-refractivity contribution >= 4 is 17.3 Å². The lowest BCUT2D eigenvalue weighted by Gasteiger charge is -2.14. The third kappa shape index (κ3) is 4.27. The van der Waals surface area contributed by atoms with Gasteiger partial charge in [0.2, 0.25) is 5.91 Å². The van der Waals surface area contributed by atoms with Crippen LogP contribution < -0.4 is 5.32 Å². The van der Waals surface area contributed by atoms with Crippen molar-refractivity contribution in [2.24, 2.45) is 0 Å². The normalized spacial score (nSPS) is 10.4. The Kier molecular flexibility index (Phi) is 5.12. The van der Waals surface area contributed by atoms with Gasteiger partial charge in [-0.1, -0.05) is 12.1 Å². The van der Waals surface area contributed by atoms with Gasteiger partial charge in [-0.25, -0.2) is 0 Å². The molecule has 1 heterocycles. The van der Waals surface area contributed by atoms with Gasteiger partial charge in [-0.05, 0) is 47.4 Å². The van der Waals surface area contributed by atoms with Gasteiger partial charge in [-0.2, -0.15) is 0 Å². The maximum absolute atomic E-state index is 11.5. The lowest BCUT2D eigenvalue weighted by atomic mass is 9.97. The molecule has 0 fully saturated rings. The number of aromatic hydroxyl groups is 1. The van der Waals surface area contributed by atoms with E-state index < -0.39 is 4.92 Å². The van der Waals surface area contributed by atoms with Crippen molar-refractivity contribution in [3.05, 3.63) is 82.2 Å². The van der Waals surface area contributed by atoms with Crippen LogP contribution in [0.25, 0.3) is 11.1 Å². The molecule has 136 valence electrons. The highest BCUT2D eigenvalue weighted by Gasteiger charge is 2.15. The number of benzene rings is 2. The van der Waals surface area contributed by atoms with Crippen LogP contribution in [0.2, 0.25) is 0 Å². The zero-order chi connectivity index (χ0) is 19.4. The summed E-state index contributed by atoms with van der Waals surface area (Å²) in [6.45, 7) is 1.35. The Morgan fingerprint density at radius 2 is 1.89 bits per heavy atom. The second kappa shape index (κ2) is 7.65. The van der Waals surface area contributed by atoms with Gasteiger partial charge in [0.15, 0.2) is 0 Å². The fraction of sp³-hybridized carbons (Fsp3) is 0.100. The van der Waals surface area contributed by atoms with E-state index in [0.717, 1.165) is 11.1 Å². The molecular weight excluding hydrogens is 346 g/mol. The third-order valence-electron chi connectivity index (χ3n) is 4.01. The van der Waals surface area contributed by atoms with Crippen LogP contribution in [0.5, 0.6) is 5.75 Å². The molecular formula is C20H17N3O4. The van der Waals surface area contributed by atoms with Crippen molar-refractivity contribution in [3.63, 3.8) is 0 Å². The summed E-state index contributed by atoms with van der Waals surface area (Å²) >= 11 is 0. The number of phenols is 1. The minimum absolute atomic E-state index is 0.0764. The van der Waals surface area contributed by atoms with Gasteiger partial charge < -0.3 is 10.4 Å². The summed E-state index contributed by atoms with van der Waals surface area (Å²) in [4.78, 5) is 26.1. The fourth-order valence-corrected chi connectivity index (χ4v) is 2.82. The molecule has 7 nitrogen and oxygen atoms in total. The molecule has 0 bridgehead atoms. The summed E-state index contributed by atoms with van der Waals surface area (Å²) in [7, 11) is 0. The van der Waals surface area contributed by atoms with Crippen molar-refractivity contribution in [2.75, 3.05) is 5.32 Å². The minimum atomic E-state index is -0.490. The summed E-state index contributed by atoms with van der Waals surface area (Å²) in [6.07, 6.45) is 3.93. The molecule has 7 heteroatoms. The van der Waals surface area contributed by atoms with Gasteiger partial charge in [0.05, 0.1) is 10.6 Å². The van der Waals surface area contributed by atoms with Crippen LogP contribution in [0, 0.1) is 10.1 Å². The van der Waals surface area contributed by atoms with E-state index >= 15 is 0 Å². The standard InChI is InChI=1S/C20H17N3O4/c1-13(24)22-19-11-15(9-14-5-7-21-8-6-14)10-18(20(19)25)16-3-2-4-17(12-16)23(26)27/h2-8,10-12,25H,9H2,1H3,(H,22,24). The van der Waals surface area contributed by atoms with E-state index in [4.69, 9.17) is 0 Å². The van der Waals surface area contributed by atoms with Gasteiger partial charge >= 0.3 is 0 Å². The van der Waals surface area contributed by atoms with Crippen molar-refractivity contribution in [1.82, 2.24) is 4.98 Å². The molecule has 0 saturated carbocycles. The van der Waals surface area contributed by atoms with E-state index in [9.17, 15) is 20.0 Å². The molecule has 3 aromatic rings. The Hall–Kier alpha value is -3.74. The molecule has 0 spiro atoms. The second-order valence-corrected chi connectivity index (χ2v) is 6.06. The summed E-state index contributed by atoms with van der Waals surface area (Å²) in [5.41, 5.74) is 2.93. The first kappa shape index (κ1) is 18.1. The monoisotopic (exact) mass is 363 g/mol. The van der Waals surface area contributed by atoms with E-state index in [1.54, 1.807) is 36.7 Å². The third-order valence-corrected chi connectivity index (χ3v) is 4.01. The quantitative estimate of drug-likeness (QED) is 0.406. The molecule has 0 radical (unpaired) electrons. The SMILES string of the molecule is CC(=O)Nc1cc(Cc2ccncc2)cc(-c2cccc([N+](=O)[O-])c2)c1O. The molecule has 1 amide bonds. The van der Waals surface area contributed by atoms with Crippen molar-refractivity contribution in [1.29, 1.82) is 0 Å². The average molecular weight is 363 g/mol. The summed E-state index contributed by atoms with van der Waals surface area (Å²) < 4.78 is 0. The molecule has 0 atom stereocenters. The number of nitrogens with zero attached hydrogens (tertiary/aromatic N) is 2. The number of nitro groups is 1. The second-order valence-electron chi connectivity index (χ2n) is 6.06. The van der Waals surface area contributed by atoms with Crippen molar-refractivity contribution < 1.29 is 14.8 Å². The van der Waals surface area contributed by atoms with E-state index in [2.05, 4.69) is 10.3 Å². The number of carbonyl (C=O) groups is 1. The van der Waals surface area contributed by atoms with Crippen LogP contribution >= 0.6 is 0 Å². The highest BCUT2D eigenvalue weighted by Crippen LogP contribution is 2.38. The first-order valence-electron chi connectivity index (χ1n) is 8.21. The maximum atomic E-state index is 11.5. The number of hydrogen-bond donors (Lipinski definition) is 2. The molecule has 0 aliphatic carbocycles. The van der Waals surface area contributed by atoms with Gasteiger partial charge in [-0.3, -0.25) is 19.9 Å². The Bertz CT molecular complexity index is 1000. The van der Waals surface area contributed by atoms with Gasteiger partial charge in [0.25, 0.3) is 5.69 Å². The van der Waals surface area contributed by atoms with Crippen LogP contribution in [-0.2, 0) is 11.2 Å². The molecule has 0 unspecified atom stereocenters. The minimum Gasteiger partial charge on any atom is -0.505 e. The predicted octanol–water partition coefficient (Wildman–Crippen LogP) is 3.91. The molecule has 0 saturated heterocycles. The lowest BCUT2D eigenvalue weighted by molar-refractivity contribution is -0.384. The Morgan fingerprint density at radius 1 is 1.15 bits per heavy atom. The van der Waals surface area contributed by atoms with E-state index in [1.165, 1.54) is 19.1 Å². The number of carbonyl (C=O) groups excluding carboxylic acids is 1. The molecule has 0 aliphatic rings. The highest BCUT2D eigenvalue weighted by atomic mass is 16.6. The largest absolute Gasteiger partial charge is 0.505 e. The topological polar surface area (TPSA) is 105 Å². The smallest absolute Gasteiger partial charge is 0.270 e. The van der Waals surface area contributed by atoms with Crippen LogP contribution in [0.4, 0.5) is 11.4 Å². The lowest BCUT2D eigenvalue weighted by Crippen LogP contribution is -2.07. The fourth-order valence-electron chi connectivity index (χ4n) is 2.82. The number of amides is 1. The molecule has 0 aliphatic heterocycles. The first-order valence-corrected chi connectivity index (χ1v) is 8.21. The number of anilines is 1. The zero-order valence-corrected chi connectivity index (χ0v) is 14.5. The Balaban J connectivity index is 2.11. The van der Waals surface area contributed by atoms with Crippen LogP contribution in [-0.4, -0.2) is 20.9 Å². The molecule has 27 heavy (non-hydrogen) atoms. The van der Waals surface area contributed by atoms with Crippen LogP contribution in [0.15, 0.2) is 60.9 Å². The zero-order valence-electron chi connectivity index (χ0n) is 14.5. The number of phenolic OH excluding ortho intramolecular Hbond substituents is 1. The molecule has 3 rings (SSSR count). The number of aromatic nitrogens is 1. The van der Waals surface area contributed by atoms with Gasteiger partial charge in [-0.15, -0.1) is 0 Å². The van der Waals surface area contributed by atoms with Crippen molar-refractivity contribution in [2.45, 2.75) is 13.3 Å². The van der Waals surface area contributed by atoms with Crippen LogP contribution in [0.1, 0.15) is 18.1 Å². The molecule has 1 aromatic heterocycles. The number of nitro benzene ring substituents is 1. The summed E-state index contributed by atoms with van der Waals surface area (Å²) in [5.74, 6) is -0.458. The number of non-ortho nitro benzene ring substituents is 1. The highest BCUT2D eigenvalue weighted by molar-refractivity contribution is 5.93. The van der Waals surface area contributed by atoms with Crippen LogP contribution in [0.3, 0.4) is 0 Å². The molecule has 2 aromatic carbocycles. The predicted molar refractivity (Wildman–Crippen MR) is 102 cm³/mol. The van der Waals surface area contributed by atoms with E-state index in [0.29, 0.717) is 17.5 Å². The van der Waals surface area contributed by atoms with Gasteiger partial charge in [0, 0.05) is 37.0 Å². The van der Waals surface area contributed by atoms with E-state index in [1.807, 2.05) is 12.1 Å². The Labute approximate surface area is 155 Å². The molecule has 2 N–H and O–H groups in total. The summed E-state index contributed by atoms with van der Waals surface area (Å²) in [5, 5.41) is 24.3. The van der Waals surface area contributed by atoms with Gasteiger partial charge in [0.1, 0.15) is 5.75 Å². The Morgan fingerprint density at radius 3 is 2.56 bits per heavy atom. The number of rotatable bonds is 5. The van der Waals surface area contributed by atoms with E-state index in [-0.39, 0.29) is 23.0 Å². The van der Waals surface area contributed by atoms with Crippen molar-refractivity contribution in [3.8, 4) is 16.9 Å². The average Bonchev–Trinajstić information content (AvgIpc) is 2.64. The maximum Gasteiger partial charge on any atom is 0.270 e. The first-order chi connectivity index (χ1) is 12.9. The summed E-state index contributed by atoms with van der Waals surface area (Å²) in [6, 6.07) is 13.2. The number of hydrogen-bond acceptors (Lipinski definition) is 5.